The molecule has 0 atom stereocenters. The van der Waals surface area contributed by atoms with Gasteiger partial charge in [-0.2, -0.15) is 0 Å². The molecule has 1 rings (SSSR count). The Morgan fingerprint density at radius 3 is 2.23 bits per heavy atom. The van der Waals surface area contributed by atoms with Crippen LogP contribution in [0.25, 0.3) is 0 Å². The Labute approximate surface area is 75.1 Å². The van der Waals surface area contributed by atoms with Crippen molar-refractivity contribution in [3.05, 3.63) is 23.8 Å². The van der Waals surface area contributed by atoms with Gasteiger partial charge in [-0.05, 0) is 19.4 Å². The van der Waals surface area contributed by atoms with Crippen LogP contribution in [0.3, 0.4) is 0 Å². The lowest BCUT2D eigenvalue weighted by Gasteiger charge is -2.09. The fourth-order valence-electron chi connectivity index (χ4n) is 0.964. The van der Waals surface area contributed by atoms with Gasteiger partial charge in [-0.3, -0.25) is 0 Å². The zero-order valence-electron chi connectivity index (χ0n) is 7.34. The average Bonchev–Trinajstić information content (AvgIpc) is 1.94. The quantitative estimate of drug-likeness (QED) is 0.561. The van der Waals surface area contributed by atoms with Crippen LogP contribution in [0.1, 0.15) is 0 Å². The second-order valence-electron chi connectivity index (χ2n) is 3.18. The van der Waals surface area contributed by atoms with E-state index < -0.39 is 18.8 Å². The van der Waals surface area contributed by atoms with E-state index in [0.29, 0.717) is 0 Å². The van der Waals surface area contributed by atoms with Crippen molar-refractivity contribution in [2.45, 2.75) is 0 Å². The molecule has 0 saturated carbocycles. The second-order valence-corrected chi connectivity index (χ2v) is 6.36. The Kier molecular flexibility index (Phi) is 2.44. The Bertz CT molecular complexity index is 386. The van der Waals surface area contributed by atoms with Crippen LogP contribution in [-0.4, -0.2) is 13.3 Å². The highest BCUT2D eigenvalue weighted by atomic mass is 31.2. The number of anilines is 1. The van der Waals surface area contributed by atoms with Crippen LogP contribution in [-0.2, 0) is 4.57 Å². The standard InChI is InChI=1S/C8H10F2NOP/c1-13(2,12)8-4-5(9)7(11)3-6(8)10/h3-4H,11H2,1-2H3. The van der Waals surface area contributed by atoms with E-state index in [4.69, 9.17) is 5.73 Å². The van der Waals surface area contributed by atoms with Crippen molar-refractivity contribution in [3.63, 3.8) is 0 Å². The molecule has 2 nitrogen and oxygen atoms in total. The first-order chi connectivity index (χ1) is 5.82. The van der Waals surface area contributed by atoms with Gasteiger partial charge in [0.15, 0.2) is 0 Å². The summed E-state index contributed by atoms with van der Waals surface area (Å²) in [6.45, 7) is 2.75. The molecule has 0 bridgehead atoms. The molecule has 1 aromatic rings. The molecule has 0 amide bonds. The molecule has 2 N–H and O–H groups in total. The van der Waals surface area contributed by atoms with Crippen LogP contribution >= 0.6 is 7.14 Å². The summed E-state index contributed by atoms with van der Waals surface area (Å²) < 4.78 is 37.4. The number of rotatable bonds is 1. The van der Waals surface area contributed by atoms with Crippen LogP contribution in [0, 0.1) is 11.6 Å². The Hall–Kier alpha value is -0.890. The highest BCUT2D eigenvalue weighted by molar-refractivity contribution is 7.70. The van der Waals surface area contributed by atoms with Crippen LogP contribution in [0.15, 0.2) is 12.1 Å². The Morgan fingerprint density at radius 2 is 1.77 bits per heavy atom. The number of nitrogens with two attached hydrogens (primary N) is 1. The first-order valence-electron chi connectivity index (χ1n) is 3.62. The Morgan fingerprint density at radius 1 is 1.23 bits per heavy atom. The molecule has 0 radical (unpaired) electrons. The SMILES string of the molecule is CP(C)(=O)c1cc(F)c(N)cc1F. The minimum atomic E-state index is -2.77. The summed E-state index contributed by atoms with van der Waals surface area (Å²) in [6, 6.07) is 1.75. The molecule has 0 aliphatic rings. The summed E-state index contributed by atoms with van der Waals surface area (Å²) >= 11 is 0. The van der Waals surface area contributed by atoms with Gasteiger partial charge in [-0.1, -0.05) is 0 Å². The Balaban J connectivity index is 3.41. The van der Waals surface area contributed by atoms with Crippen molar-refractivity contribution >= 4 is 18.1 Å². The summed E-state index contributed by atoms with van der Waals surface area (Å²) in [7, 11) is -2.77. The van der Waals surface area contributed by atoms with E-state index in [1.54, 1.807) is 0 Å². The number of halogens is 2. The number of hydrogen-bond acceptors (Lipinski definition) is 2. The third-order valence-electron chi connectivity index (χ3n) is 1.65. The summed E-state index contributed by atoms with van der Waals surface area (Å²) in [5, 5.41) is -0.0980. The van der Waals surface area contributed by atoms with E-state index in [9.17, 15) is 13.3 Å². The number of hydrogen-bond donors (Lipinski definition) is 1. The maximum atomic E-state index is 13.1. The highest BCUT2D eigenvalue weighted by Crippen LogP contribution is 2.36. The second kappa shape index (κ2) is 3.11. The van der Waals surface area contributed by atoms with E-state index in [1.165, 1.54) is 13.3 Å². The van der Waals surface area contributed by atoms with Gasteiger partial charge in [0.2, 0.25) is 0 Å². The molecular weight excluding hydrogens is 195 g/mol. The summed E-state index contributed by atoms with van der Waals surface area (Å²) in [4.78, 5) is 0. The van der Waals surface area contributed by atoms with Gasteiger partial charge in [-0.15, -0.1) is 0 Å². The minimum Gasteiger partial charge on any atom is -0.396 e. The first-order valence-corrected chi connectivity index (χ1v) is 6.22. The lowest BCUT2D eigenvalue weighted by atomic mass is 10.3. The van der Waals surface area contributed by atoms with E-state index in [1.807, 2.05) is 0 Å². The predicted molar refractivity (Wildman–Crippen MR) is 49.9 cm³/mol. The van der Waals surface area contributed by atoms with Gasteiger partial charge in [0.25, 0.3) is 0 Å². The molecule has 72 valence electrons. The summed E-state index contributed by atoms with van der Waals surface area (Å²) in [5.74, 6) is -1.45. The van der Waals surface area contributed by atoms with Crippen molar-refractivity contribution in [1.29, 1.82) is 0 Å². The van der Waals surface area contributed by atoms with Gasteiger partial charge in [0.1, 0.15) is 18.8 Å². The first kappa shape index (κ1) is 10.2. The van der Waals surface area contributed by atoms with Crippen LogP contribution in [0.5, 0.6) is 0 Å². The van der Waals surface area contributed by atoms with E-state index >= 15 is 0 Å². The average molecular weight is 205 g/mol. The largest absolute Gasteiger partial charge is 0.396 e. The molecule has 13 heavy (non-hydrogen) atoms. The number of benzene rings is 1. The van der Waals surface area contributed by atoms with E-state index in [2.05, 4.69) is 0 Å². The van der Waals surface area contributed by atoms with Crippen molar-refractivity contribution in [2.24, 2.45) is 0 Å². The molecule has 0 aromatic heterocycles. The van der Waals surface area contributed by atoms with Gasteiger partial charge in [0, 0.05) is 11.4 Å². The molecule has 0 fully saturated rings. The van der Waals surface area contributed by atoms with Gasteiger partial charge >= 0.3 is 0 Å². The normalized spacial score (nSPS) is 11.7. The zero-order chi connectivity index (χ0) is 10.2. The van der Waals surface area contributed by atoms with Crippen LogP contribution < -0.4 is 11.0 Å². The monoisotopic (exact) mass is 205 g/mol. The lowest BCUT2D eigenvalue weighted by Crippen LogP contribution is -2.11. The topological polar surface area (TPSA) is 43.1 Å². The molecule has 0 aliphatic heterocycles. The van der Waals surface area contributed by atoms with Gasteiger partial charge in [0.05, 0.1) is 5.69 Å². The third kappa shape index (κ3) is 2.07. The van der Waals surface area contributed by atoms with Crippen LogP contribution in [0.2, 0.25) is 0 Å². The molecule has 0 spiro atoms. The van der Waals surface area contributed by atoms with Crippen molar-refractivity contribution in [2.75, 3.05) is 19.1 Å². The molecule has 0 heterocycles. The molecule has 0 aliphatic carbocycles. The van der Waals surface area contributed by atoms with Crippen molar-refractivity contribution in [1.82, 2.24) is 0 Å². The van der Waals surface area contributed by atoms with Crippen molar-refractivity contribution in [3.8, 4) is 0 Å². The fraction of sp³-hybridized carbons (Fsp3) is 0.250. The maximum absolute atomic E-state index is 13.1. The lowest BCUT2D eigenvalue weighted by molar-refractivity contribution is 0.582. The maximum Gasteiger partial charge on any atom is 0.147 e. The molecule has 0 unspecified atom stereocenters. The minimum absolute atomic E-state index is 0.0980. The highest BCUT2D eigenvalue weighted by Gasteiger charge is 2.18. The van der Waals surface area contributed by atoms with E-state index in [-0.39, 0.29) is 11.0 Å². The van der Waals surface area contributed by atoms with Crippen LogP contribution in [0.4, 0.5) is 14.5 Å². The summed E-state index contributed by atoms with van der Waals surface area (Å²) in [5.41, 5.74) is 4.86. The molecule has 0 saturated heterocycles. The van der Waals surface area contributed by atoms with Gasteiger partial charge in [-0.25, -0.2) is 8.78 Å². The molecule has 5 heteroatoms. The fourth-order valence-corrected chi connectivity index (χ4v) is 1.97. The predicted octanol–water partition coefficient (Wildman–Crippen LogP) is 1.79. The van der Waals surface area contributed by atoms with Gasteiger partial charge < -0.3 is 10.3 Å². The molecule has 1 aromatic carbocycles. The molecular formula is C8H10F2NOP. The third-order valence-corrected chi connectivity index (χ3v) is 3.15. The van der Waals surface area contributed by atoms with E-state index in [0.717, 1.165) is 12.1 Å². The smallest absolute Gasteiger partial charge is 0.147 e. The number of nitrogen functional groups attached to an aromatic ring is 1. The zero-order valence-corrected chi connectivity index (χ0v) is 8.24. The van der Waals surface area contributed by atoms with Crippen molar-refractivity contribution < 1.29 is 13.3 Å². The summed E-state index contributed by atoms with van der Waals surface area (Å²) in [6.07, 6.45) is 0.